The third-order valence-corrected chi connectivity index (χ3v) is 4.95. The predicted octanol–water partition coefficient (Wildman–Crippen LogP) is -2.23. The van der Waals surface area contributed by atoms with E-state index in [2.05, 4.69) is 16.0 Å². The number of carbonyl (C=O) groups is 6. The fourth-order valence-electron chi connectivity index (χ4n) is 3.11. The molecule has 0 saturated carbocycles. The summed E-state index contributed by atoms with van der Waals surface area (Å²) in [6.45, 7) is 3.88. The van der Waals surface area contributed by atoms with Gasteiger partial charge in [-0.25, -0.2) is 4.79 Å². The topological polar surface area (TPSA) is 257 Å². The smallest absolute Gasteiger partial charge is 0.326 e. The zero-order valence-electron chi connectivity index (χ0n) is 20.1. The van der Waals surface area contributed by atoms with Gasteiger partial charge in [-0.3, -0.25) is 24.0 Å². The van der Waals surface area contributed by atoms with E-state index in [1.807, 2.05) is 0 Å². The Labute approximate surface area is 203 Å². The highest BCUT2D eigenvalue weighted by atomic mass is 16.4. The predicted molar refractivity (Wildman–Crippen MR) is 124 cm³/mol. The van der Waals surface area contributed by atoms with Crippen molar-refractivity contribution >= 4 is 35.6 Å². The second-order valence-corrected chi connectivity index (χ2v) is 8.65. The summed E-state index contributed by atoms with van der Waals surface area (Å²) >= 11 is 0. The number of rotatable bonds is 18. The van der Waals surface area contributed by atoms with E-state index in [0.717, 1.165) is 0 Å². The Kier molecular flexibility index (Phi) is 14.9. The summed E-state index contributed by atoms with van der Waals surface area (Å²) in [5, 5.41) is 25.4. The van der Waals surface area contributed by atoms with E-state index in [9.17, 15) is 33.9 Å². The first-order valence-electron chi connectivity index (χ1n) is 11.4. The van der Waals surface area contributed by atoms with Crippen molar-refractivity contribution < 1.29 is 39.0 Å². The number of carbonyl (C=O) groups excluding carboxylic acids is 4. The van der Waals surface area contributed by atoms with Gasteiger partial charge in [0.1, 0.15) is 18.1 Å². The van der Waals surface area contributed by atoms with Gasteiger partial charge >= 0.3 is 11.9 Å². The lowest BCUT2D eigenvalue weighted by Gasteiger charge is -2.25. The Hall–Kier alpha value is -3.26. The van der Waals surface area contributed by atoms with Crippen LogP contribution in [0.1, 0.15) is 58.8 Å². The Balaban J connectivity index is 5.59. The van der Waals surface area contributed by atoms with Gasteiger partial charge in [-0.2, -0.15) is 0 Å². The van der Waals surface area contributed by atoms with Crippen LogP contribution in [-0.4, -0.2) is 76.5 Å². The van der Waals surface area contributed by atoms with E-state index >= 15 is 0 Å². The SMILES string of the molecule is CC(C)CC(NC(=O)C(CCC(N)=O)NC(=O)C(CCCCN)NC(=O)C(N)CC(=O)O)C(=O)O. The lowest BCUT2D eigenvalue weighted by atomic mass is 10.0. The second-order valence-electron chi connectivity index (χ2n) is 8.65. The maximum atomic E-state index is 12.9. The molecule has 35 heavy (non-hydrogen) atoms. The number of carboxylic acids is 2. The zero-order chi connectivity index (χ0) is 27.1. The Morgan fingerprint density at radius 2 is 1.31 bits per heavy atom. The summed E-state index contributed by atoms with van der Waals surface area (Å²) in [7, 11) is 0. The number of hydrogen-bond donors (Lipinski definition) is 8. The summed E-state index contributed by atoms with van der Waals surface area (Å²) in [6, 6.07) is -5.11. The van der Waals surface area contributed by atoms with Crippen LogP contribution < -0.4 is 33.2 Å². The van der Waals surface area contributed by atoms with E-state index in [0.29, 0.717) is 19.4 Å². The molecule has 0 bridgehead atoms. The van der Waals surface area contributed by atoms with Crippen LogP contribution in [0.3, 0.4) is 0 Å². The molecule has 14 nitrogen and oxygen atoms in total. The van der Waals surface area contributed by atoms with Gasteiger partial charge in [0, 0.05) is 6.42 Å². The van der Waals surface area contributed by atoms with Crippen molar-refractivity contribution in [2.45, 2.75) is 83.0 Å². The third-order valence-electron chi connectivity index (χ3n) is 4.95. The van der Waals surface area contributed by atoms with E-state index in [4.69, 9.17) is 22.3 Å². The summed E-state index contributed by atoms with van der Waals surface area (Å²) in [4.78, 5) is 71.6. The van der Waals surface area contributed by atoms with Gasteiger partial charge in [0.15, 0.2) is 0 Å². The molecule has 11 N–H and O–H groups in total. The molecule has 0 aromatic rings. The monoisotopic (exact) mass is 502 g/mol. The lowest BCUT2D eigenvalue weighted by molar-refractivity contribution is -0.143. The Bertz CT molecular complexity index is 760. The highest BCUT2D eigenvalue weighted by Crippen LogP contribution is 2.08. The van der Waals surface area contributed by atoms with Gasteiger partial charge in [0.05, 0.1) is 12.5 Å². The first kappa shape index (κ1) is 31.7. The van der Waals surface area contributed by atoms with Crippen LogP contribution in [0.4, 0.5) is 0 Å². The fraction of sp³-hybridized carbons (Fsp3) is 0.714. The molecular weight excluding hydrogens is 464 g/mol. The molecular formula is C21H38N6O8. The summed E-state index contributed by atoms with van der Waals surface area (Å²) in [5.41, 5.74) is 16.2. The van der Waals surface area contributed by atoms with E-state index in [1.165, 1.54) is 0 Å². The minimum atomic E-state index is -1.40. The van der Waals surface area contributed by atoms with Gasteiger partial charge in [-0.15, -0.1) is 0 Å². The average Bonchev–Trinajstić information content (AvgIpc) is 2.74. The molecule has 0 aliphatic rings. The van der Waals surface area contributed by atoms with Gasteiger partial charge in [-0.05, 0) is 44.6 Å². The van der Waals surface area contributed by atoms with Crippen molar-refractivity contribution in [1.29, 1.82) is 0 Å². The molecule has 0 aromatic heterocycles. The Morgan fingerprint density at radius 1 is 0.800 bits per heavy atom. The van der Waals surface area contributed by atoms with Crippen molar-refractivity contribution in [1.82, 2.24) is 16.0 Å². The average molecular weight is 503 g/mol. The molecule has 14 heteroatoms. The number of carboxylic acid groups (broad SMARTS) is 2. The van der Waals surface area contributed by atoms with Crippen LogP contribution in [0.25, 0.3) is 0 Å². The summed E-state index contributed by atoms with van der Waals surface area (Å²) < 4.78 is 0. The van der Waals surface area contributed by atoms with Crippen LogP contribution in [0.5, 0.6) is 0 Å². The van der Waals surface area contributed by atoms with E-state index < -0.39 is 66.2 Å². The molecule has 4 unspecified atom stereocenters. The maximum Gasteiger partial charge on any atom is 0.326 e. The van der Waals surface area contributed by atoms with Crippen molar-refractivity contribution in [2.75, 3.05) is 6.54 Å². The number of aliphatic carboxylic acids is 2. The van der Waals surface area contributed by atoms with E-state index in [1.54, 1.807) is 13.8 Å². The molecule has 0 spiro atoms. The zero-order valence-corrected chi connectivity index (χ0v) is 20.1. The quantitative estimate of drug-likeness (QED) is 0.0935. The molecule has 0 heterocycles. The van der Waals surface area contributed by atoms with E-state index in [-0.39, 0.29) is 31.6 Å². The summed E-state index contributed by atoms with van der Waals surface area (Å²) in [6.07, 6.45) is 0.0785. The minimum absolute atomic E-state index is 0.0489. The summed E-state index contributed by atoms with van der Waals surface area (Å²) in [5.74, 6) is -5.84. The Morgan fingerprint density at radius 3 is 1.77 bits per heavy atom. The number of unbranched alkanes of at least 4 members (excludes halogenated alkanes) is 1. The molecule has 0 fully saturated rings. The number of nitrogens with one attached hydrogen (secondary N) is 3. The molecule has 4 atom stereocenters. The van der Waals surface area contributed by atoms with Crippen molar-refractivity contribution in [2.24, 2.45) is 23.1 Å². The molecule has 0 saturated heterocycles. The van der Waals surface area contributed by atoms with Crippen LogP contribution in [-0.2, 0) is 28.8 Å². The number of amides is 4. The lowest BCUT2D eigenvalue weighted by Crippen LogP contribution is -2.57. The van der Waals surface area contributed by atoms with Gasteiger partial charge in [-0.1, -0.05) is 13.8 Å². The standard InChI is InChI=1S/C21H38N6O8/c1-11(2)9-15(21(34)35)27-20(33)14(6-7-16(24)28)26-19(32)13(5-3-4-8-22)25-18(31)12(23)10-17(29)30/h11-15H,3-10,22-23H2,1-2H3,(H2,24,28)(H,25,31)(H,26,32)(H,27,33)(H,29,30)(H,34,35). The minimum Gasteiger partial charge on any atom is -0.481 e. The molecule has 0 radical (unpaired) electrons. The van der Waals surface area contributed by atoms with Crippen molar-refractivity contribution in [3.63, 3.8) is 0 Å². The number of primary amides is 1. The molecule has 0 aliphatic carbocycles. The largest absolute Gasteiger partial charge is 0.481 e. The molecule has 0 rings (SSSR count). The van der Waals surface area contributed by atoms with Crippen molar-refractivity contribution in [3.05, 3.63) is 0 Å². The van der Waals surface area contributed by atoms with Crippen LogP contribution >= 0.6 is 0 Å². The fourth-order valence-corrected chi connectivity index (χ4v) is 3.11. The third kappa shape index (κ3) is 13.9. The van der Waals surface area contributed by atoms with Gasteiger partial charge < -0.3 is 43.4 Å². The first-order chi connectivity index (χ1) is 16.3. The molecule has 200 valence electrons. The molecule has 0 aliphatic heterocycles. The molecule has 0 aromatic carbocycles. The van der Waals surface area contributed by atoms with Crippen LogP contribution in [0.15, 0.2) is 0 Å². The van der Waals surface area contributed by atoms with Gasteiger partial charge in [0.25, 0.3) is 0 Å². The highest BCUT2D eigenvalue weighted by molar-refractivity contribution is 5.95. The van der Waals surface area contributed by atoms with Crippen molar-refractivity contribution in [3.8, 4) is 0 Å². The van der Waals surface area contributed by atoms with Crippen LogP contribution in [0.2, 0.25) is 0 Å². The number of nitrogens with two attached hydrogens (primary N) is 3. The maximum absolute atomic E-state index is 12.9. The second kappa shape index (κ2) is 16.4. The van der Waals surface area contributed by atoms with Gasteiger partial charge in [0.2, 0.25) is 23.6 Å². The first-order valence-corrected chi connectivity index (χ1v) is 11.4. The molecule has 4 amide bonds. The number of hydrogen-bond acceptors (Lipinski definition) is 8. The highest BCUT2D eigenvalue weighted by Gasteiger charge is 2.31. The van der Waals surface area contributed by atoms with Crippen LogP contribution in [0, 0.1) is 5.92 Å². The normalized spacial score (nSPS) is 14.3.